The number of nitrogens with zero attached hydrogens (tertiary/aromatic N) is 3. The zero-order valence-electron chi connectivity index (χ0n) is 11.2. The van der Waals surface area contributed by atoms with Gasteiger partial charge in [0.05, 0.1) is 0 Å². The molecule has 1 unspecified atom stereocenters. The molecule has 4 heteroatoms. The molecule has 0 bridgehead atoms. The lowest BCUT2D eigenvalue weighted by Gasteiger charge is -2.20. The minimum Gasteiger partial charge on any atom is -0.326 e. The Morgan fingerprint density at radius 2 is 1.90 bits per heavy atom. The van der Waals surface area contributed by atoms with Crippen LogP contribution in [0.15, 0.2) is 42.5 Å². The second kappa shape index (κ2) is 4.42. The van der Waals surface area contributed by atoms with Crippen LogP contribution in [0, 0.1) is 0 Å². The maximum absolute atomic E-state index is 6.07. The molecule has 0 saturated carbocycles. The summed E-state index contributed by atoms with van der Waals surface area (Å²) in [6.45, 7) is 0.810. The molecule has 1 aliphatic rings. The number of aryl methyl sites for hydroxylation is 1. The maximum Gasteiger partial charge on any atom is 0.164 e. The van der Waals surface area contributed by atoms with E-state index in [4.69, 9.17) is 5.73 Å². The number of benzene rings is 2. The van der Waals surface area contributed by atoms with E-state index in [1.165, 1.54) is 10.8 Å². The average molecular weight is 264 g/mol. The van der Waals surface area contributed by atoms with Gasteiger partial charge in [-0.05, 0) is 23.3 Å². The first-order valence-corrected chi connectivity index (χ1v) is 6.98. The van der Waals surface area contributed by atoms with Crippen molar-refractivity contribution in [3.63, 3.8) is 0 Å². The fourth-order valence-corrected chi connectivity index (χ4v) is 2.89. The van der Waals surface area contributed by atoms with E-state index in [0.717, 1.165) is 36.6 Å². The molecule has 1 atom stereocenters. The van der Waals surface area contributed by atoms with E-state index in [1.807, 2.05) is 0 Å². The standard InChI is InChI=1S/C16H16N4/c17-14-7-8-15-18-19-16(20(15)10-14)13-6-5-11-3-1-2-4-12(11)9-13/h1-6,9,14H,7-8,10,17H2. The molecule has 0 saturated heterocycles. The van der Waals surface area contributed by atoms with Gasteiger partial charge in [-0.1, -0.05) is 36.4 Å². The predicted molar refractivity (Wildman–Crippen MR) is 79.3 cm³/mol. The van der Waals surface area contributed by atoms with Gasteiger partial charge in [-0.15, -0.1) is 10.2 Å². The summed E-state index contributed by atoms with van der Waals surface area (Å²) in [5, 5.41) is 11.1. The van der Waals surface area contributed by atoms with Gasteiger partial charge >= 0.3 is 0 Å². The van der Waals surface area contributed by atoms with Crippen LogP contribution in [0.5, 0.6) is 0 Å². The lowest BCUT2D eigenvalue weighted by atomic mass is 10.1. The van der Waals surface area contributed by atoms with Gasteiger partial charge in [-0.3, -0.25) is 0 Å². The molecule has 4 rings (SSSR count). The summed E-state index contributed by atoms with van der Waals surface area (Å²) >= 11 is 0. The van der Waals surface area contributed by atoms with E-state index in [2.05, 4.69) is 57.2 Å². The van der Waals surface area contributed by atoms with Crippen LogP contribution in [-0.2, 0) is 13.0 Å². The first-order chi connectivity index (χ1) is 9.81. The molecular weight excluding hydrogens is 248 g/mol. The summed E-state index contributed by atoms with van der Waals surface area (Å²) in [5.41, 5.74) is 7.18. The van der Waals surface area contributed by atoms with Gasteiger partial charge in [0.15, 0.2) is 5.82 Å². The van der Waals surface area contributed by atoms with Crippen molar-refractivity contribution in [1.82, 2.24) is 14.8 Å². The highest BCUT2D eigenvalue weighted by molar-refractivity contribution is 5.86. The minimum absolute atomic E-state index is 0.206. The first-order valence-electron chi connectivity index (χ1n) is 6.98. The lowest BCUT2D eigenvalue weighted by molar-refractivity contribution is 0.456. The van der Waals surface area contributed by atoms with E-state index in [-0.39, 0.29) is 6.04 Å². The molecule has 0 fully saturated rings. The highest BCUT2D eigenvalue weighted by atomic mass is 15.3. The Morgan fingerprint density at radius 1 is 1.05 bits per heavy atom. The summed E-state index contributed by atoms with van der Waals surface area (Å²) in [5.74, 6) is 1.98. The van der Waals surface area contributed by atoms with Crippen molar-refractivity contribution in [2.24, 2.45) is 5.73 Å². The third-order valence-corrected chi connectivity index (χ3v) is 3.99. The largest absolute Gasteiger partial charge is 0.326 e. The van der Waals surface area contributed by atoms with Crippen molar-refractivity contribution in [2.45, 2.75) is 25.4 Å². The van der Waals surface area contributed by atoms with Crippen LogP contribution in [0.3, 0.4) is 0 Å². The number of rotatable bonds is 1. The zero-order valence-corrected chi connectivity index (χ0v) is 11.2. The van der Waals surface area contributed by atoms with Gasteiger partial charge in [0.25, 0.3) is 0 Å². The van der Waals surface area contributed by atoms with Crippen LogP contribution in [0.1, 0.15) is 12.2 Å². The Bertz CT molecular complexity index is 775. The van der Waals surface area contributed by atoms with Crippen LogP contribution in [0.2, 0.25) is 0 Å². The van der Waals surface area contributed by atoms with Crippen molar-refractivity contribution < 1.29 is 0 Å². The number of nitrogens with two attached hydrogens (primary N) is 1. The minimum atomic E-state index is 0.206. The Kier molecular flexibility index (Phi) is 2.57. The Hall–Kier alpha value is -2.20. The summed E-state index contributed by atoms with van der Waals surface area (Å²) in [4.78, 5) is 0. The summed E-state index contributed by atoms with van der Waals surface area (Å²) in [6, 6.07) is 15.0. The van der Waals surface area contributed by atoms with Crippen LogP contribution in [0.4, 0.5) is 0 Å². The predicted octanol–water partition coefficient (Wildman–Crippen LogP) is 2.37. The van der Waals surface area contributed by atoms with Crippen LogP contribution < -0.4 is 5.73 Å². The molecule has 0 aliphatic carbocycles. The van der Waals surface area contributed by atoms with Gasteiger partial charge in [0.1, 0.15) is 5.82 Å². The second-order valence-electron chi connectivity index (χ2n) is 5.41. The SMILES string of the molecule is NC1CCc2nnc(-c3ccc4ccccc4c3)n2C1. The van der Waals surface area contributed by atoms with Gasteiger partial charge in [-0.25, -0.2) is 0 Å². The molecule has 2 aromatic carbocycles. The van der Waals surface area contributed by atoms with E-state index in [0.29, 0.717) is 0 Å². The maximum atomic E-state index is 6.07. The zero-order chi connectivity index (χ0) is 13.5. The molecule has 0 radical (unpaired) electrons. The molecule has 100 valence electrons. The molecule has 1 aromatic heterocycles. The van der Waals surface area contributed by atoms with E-state index < -0.39 is 0 Å². The lowest BCUT2D eigenvalue weighted by Crippen LogP contribution is -2.32. The van der Waals surface area contributed by atoms with Crippen LogP contribution in [-0.4, -0.2) is 20.8 Å². The third-order valence-electron chi connectivity index (χ3n) is 3.99. The van der Waals surface area contributed by atoms with Crippen molar-refractivity contribution in [3.05, 3.63) is 48.3 Å². The second-order valence-corrected chi connectivity index (χ2v) is 5.41. The highest BCUT2D eigenvalue weighted by Gasteiger charge is 2.21. The molecule has 4 nitrogen and oxygen atoms in total. The fraction of sp³-hybridized carbons (Fsp3) is 0.250. The number of aromatic nitrogens is 3. The van der Waals surface area contributed by atoms with Crippen molar-refractivity contribution >= 4 is 10.8 Å². The molecule has 0 spiro atoms. The van der Waals surface area contributed by atoms with Crippen molar-refractivity contribution in [2.75, 3.05) is 0 Å². The van der Waals surface area contributed by atoms with E-state index in [9.17, 15) is 0 Å². The van der Waals surface area contributed by atoms with E-state index in [1.54, 1.807) is 0 Å². The van der Waals surface area contributed by atoms with Gasteiger partial charge in [-0.2, -0.15) is 0 Å². The summed E-state index contributed by atoms with van der Waals surface area (Å²) < 4.78 is 2.16. The van der Waals surface area contributed by atoms with Gasteiger partial charge in [0.2, 0.25) is 0 Å². The fourth-order valence-electron chi connectivity index (χ4n) is 2.89. The molecule has 3 aromatic rings. The van der Waals surface area contributed by atoms with Crippen LogP contribution >= 0.6 is 0 Å². The number of fused-ring (bicyclic) bond motifs is 2. The monoisotopic (exact) mass is 264 g/mol. The highest BCUT2D eigenvalue weighted by Crippen LogP contribution is 2.25. The number of hydrogen-bond acceptors (Lipinski definition) is 3. The summed E-state index contributed by atoms with van der Waals surface area (Å²) in [6.07, 6.45) is 1.91. The molecule has 1 aliphatic heterocycles. The normalized spacial score (nSPS) is 18.1. The van der Waals surface area contributed by atoms with Crippen molar-refractivity contribution in [3.8, 4) is 11.4 Å². The Balaban J connectivity index is 1.85. The van der Waals surface area contributed by atoms with Gasteiger partial charge < -0.3 is 10.3 Å². The molecule has 2 N–H and O–H groups in total. The third kappa shape index (κ3) is 1.80. The topological polar surface area (TPSA) is 56.7 Å². The van der Waals surface area contributed by atoms with Crippen molar-refractivity contribution in [1.29, 1.82) is 0 Å². The molecule has 0 amide bonds. The Labute approximate surface area is 117 Å². The smallest absolute Gasteiger partial charge is 0.164 e. The summed E-state index contributed by atoms with van der Waals surface area (Å²) in [7, 11) is 0. The molecular formula is C16H16N4. The van der Waals surface area contributed by atoms with E-state index >= 15 is 0 Å². The first kappa shape index (κ1) is 11.6. The van der Waals surface area contributed by atoms with Gasteiger partial charge in [0, 0.05) is 24.6 Å². The molecule has 2 heterocycles. The quantitative estimate of drug-likeness (QED) is 0.734. The number of hydrogen-bond donors (Lipinski definition) is 1. The Morgan fingerprint density at radius 3 is 2.80 bits per heavy atom. The average Bonchev–Trinajstić information content (AvgIpc) is 2.89. The van der Waals surface area contributed by atoms with Crippen LogP contribution in [0.25, 0.3) is 22.2 Å². The molecule has 20 heavy (non-hydrogen) atoms.